The lowest BCUT2D eigenvalue weighted by molar-refractivity contribution is 0.109. The zero-order valence-electron chi connectivity index (χ0n) is 9.87. The van der Waals surface area contributed by atoms with E-state index in [1.54, 1.807) is 12.1 Å². The van der Waals surface area contributed by atoms with E-state index in [0.29, 0.717) is 29.6 Å². The van der Waals surface area contributed by atoms with Crippen LogP contribution in [0, 0.1) is 0 Å². The molecule has 2 aromatic rings. The SMILES string of the molecule is Nc1cccc(-c2nc(CC3CCCO3)no2)n1. The van der Waals surface area contributed by atoms with Crippen molar-refractivity contribution in [2.45, 2.75) is 25.4 Å². The molecule has 3 heterocycles. The van der Waals surface area contributed by atoms with Gasteiger partial charge in [-0.15, -0.1) is 0 Å². The van der Waals surface area contributed by atoms with Crippen LogP contribution in [0.2, 0.25) is 0 Å². The smallest absolute Gasteiger partial charge is 0.276 e. The lowest BCUT2D eigenvalue weighted by atomic mass is 10.2. The van der Waals surface area contributed by atoms with Crippen molar-refractivity contribution in [3.8, 4) is 11.6 Å². The highest BCUT2D eigenvalue weighted by atomic mass is 16.5. The van der Waals surface area contributed by atoms with Crippen LogP contribution in [0.3, 0.4) is 0 Å². The molecule has 2 aromatic heterocycles. The predicted octanol–water partition coefficient (Wildman–Crippen LogP) is 1.44. The standard InChI is InChI=1S/C12H14N4O2/c13-10-5-1-4-9(14-10)12-15-11(16-18-12)7-8-3-2-6-17-8/h1,4-5,8H,2-3,6-7H2,(H2,13,14). The molecule has 0 radical (unpaired) electrons. The summed E-state index contributed by atoms with van der Waals surface area (Å²) in [5.41, 5.74) is 6.21. The molecule has 1 aliphatic heterocycles. The molecule has 1 atom stereocenters. The monoisotopic (exact) mass is 246 g/mol. The van der Waals surface area contributed by atoms with Crippen molar-refractivity contribution in [1.82, 2.24) is 15.1 Å². The number of anilines is 1. The first-order valence-electron chi connectivity index (χ1n) is 5.98. The van der Waals surface area contributed by atoms with Gasteiger partial charge in [0, 0.05) is 13.0 Å². The van der Waals surface area contributed by atoms with Crippen LogP contribution in [0.25, 0.3) is 11.6 Å². The number of nitrogens with two attached hydrogens (primary N) is 1. The third-order valence-corrected chi connectivity index (χ3v) is 2.89. The zero-order valence-corrected chi connectivity index (χ0v) is 9.87. The molecule has 0 spiro atoms. The van der Waals surface area contributed by atoms with E-state index in [1.807, 2.05) is 6.07 Å². The minimum atomic E-state index is 0.212. The average molecular weight is 246 g/mol. The van der Waals surface area contributed by atoms with Gasteiger partial charge in [-0.2, -0.15) is 4.98 Å². The van der Waals surface area contributed by atoms with E-state index < -0.39 is 0 Å². The quantitative estimate of drug-likeness (QED) is 0.881. The maximum absolute atomic E-state index is 5.61. The molecule has 0 aliphatic carbocycles. The fourth-order valence-corrected chi connectivity index (χ4v) is 2.02. The van der Waals surface area contributed by atoms with E-state index in [0.717, 1.165) is 19.4 Å². The normalized spacial score (nSPS) is 19.2. The van der Waals surface area contributed by atoms with Crippen LogP contribution in [0.1, 0.15) is 18.7 Å². The molecule has 3 rings (SSSR count). The highest BCUT2D eigenvalue weighted by Gasteiger charge is 2.19. The lowest BCUT2D eigenvalue weighted by Gasteiger charge is -2.03. The molecule has 0 saturated carbocycles. The summed E-state index contributed by atoms with van der Waals surface area (Å²) in [7, 11) is 0. The largest absolute Gasteiger partial charge is 0.384 e. The minimum absolute atomic E-state index is 0.212. The summed E-state index contributed by atoms with van der Waals surface area (Å²) in [6, 6.07) is 5.31. The number of hydrogen-bond acceptors (Lipinski definition) is 6. The molecule has 0 aromatic carbocycles. The third-order valence-electron chi connectivity index (χ3n) is 2.89. The second-order valence-corrected chi connectivity index (χ2v) is 4.30. The Kier molecular flexibility index (Phi) is 2.93. The summed E-state index contributed by atoms with van der Waals surface area (Å²) in [4.78, 5) is 8.45. The molecular formula is C12H14N4O2. The second-order valence-electron chi connectivity index (χ2n) is 4.30. The molecule has 0 amide bonds. The van der Waals surface area contributed by atoms with Crippen LogP contribution < -0.4 is 5.73 Å². The Labute approximate surface area is 104 Å². The Hall–Kier alpha value is -1.95. The number of pyridine rings is 1. The predicted molar refractivity (Wildman–Crippen MR) is 64.6 cm³/mol. The molecule has 94 valence electrons. The maximum Gasteiger partial charge on any atom is 0.276 e. The van der Waals surface area contributed by atoms with E-state index in [-0.39, 0.29) is 6.10 Å². The van der Waals surface area contributed by atoms with Crippen LogP contribution in [0.4, 0.5) is 5.82 Å². The van der Waals surface area contributed by atoms with Crippen molar-refractivity contribution in [2.75, 3.05) is 12.3 Å². The Morgan fingerprint density at radius 2 is 2.28 bits per heavy atom. The number of nitrogens with zero attached hydrogens (tertiary/aromatic N) is 3. The molecular weight excluding hydrogens is 232 g/mol. The summed E-state index contributed by atoms with van der Waals surface area (Å²) >= 11 is 0. The molecule has 1 unspecified atom stereocenters. The molecule has 18 heavy (non-hydrogen) atoms. The number of rotatable bonds is 3. The molecule has 1 aliphatic rings. The third kappa shape index (κ3) is 2.33. The van der Waals surface area contributed by atoms with Gasteiger partial charge in [0.2, 0.25) is 0 Å². The fraction of sp³-hybridized carbons (Fsp3) is 0.417. The Morgan fingerprint density at radius 1 is 1.33 bits per heavy atom. The van der Waals surface area contributed by atoms with Crippen molar-refractivity contribution in [2.24, 2.45) is 0 Å². The van der Waals surface area contributed by atoms with Gasteiger partial charge >= 0.3 is 0 Å². The first-order chi connectivity index (χ1) is 8.81. The van der Waals surface area contributed by atoms with Crippen LogP contribution >= 0.6 is 0 Å². The van der Waals surface area contributed by atoms with Gasteiger partial charge in [0.15, 0.2) is 5.82 Å². The average Bonchev–Trinajstić information content (AvgIpc) is 3.01. The van der Waals surface area contributed by atoms with E-state index in [4.69, 9.17) is 15.0 Å². The van der Waals surface area contributed by atoms with Gasteiger partial charge in [-0.25, -0.2) is 4.98 Å². The number of nitrogen functional groups attached to an aromatic ring is 1. The molecule has 6 nitrogen and oxygen atoms in total. The van der Waals surface area contributed by atoms with Crippen molar-refractivity contribution in [1.29, 1.82) is 0 Å². The Bertz CT molecular complexity index is 534. The highest BCUT2D eigenvalue weighted by Crippen LogP contribution is 2.19. The topological polar surface area (TPSA) is 87.1 Å². The van der Waals surface area contributed by atoms with Crippen molar-refractivity contribution < 1.29 is 9.26 Å². The summed E-state index contributed by atoms with van der Waals surface area (Å²) in [6.45, 7) is 0.826. The minimum Gasteiger partial charge on any atom is -0.384 e. The van der Waals surface area contributed by atoms with Crippen molar-refractivity contribution in [3.05, 3.63) is 24.0 Å². The molecule has 2 N–H and O–H groups in total. The van der Waals surface area contributed by atoms with Crippen LogP contribution in [-0.4, -0.2) is 27.8 Å². The van der Waals surface area contributed by atoms with Gasteiger partial charge in [0.05, 0.1) is 6.10 Å². The highest BCUT2D eigenvalue weighted by molar-refractivity contribution is 5.49. The first-order valence-corrected chi connectivity index (χ1v) is 5.98. The van der Waals surface area contributed by atoms with Gasteiger partial charge in [-0.3, -0.25) is 0 Å². The van der Waals surface area contributed by atoms with Crippen molar-refractivity contribution in [3.63, 3.8) is 0 Å². The molecule has 6 heteroatoms. The van der Waals surface area contributed by atoms with Gasteiger partial charge in [-0.05, 0) is 25.0 Å². The summed E-state index contributed by atoms with van der Waals surface area (Å²) in [5.74, 6) is 1.49. The fourth-order valence-electron chi connectivity index (χ4n) is 2.02. The van der Waals surface area contributed by atoms with Gasteiger partial charge in [-0.1, -0.05) is 11.2 Å². The van der Waals surface area contributed by atoms with Gasteiger partial charge in [0.1, 0.15) is 11.5 Å². The number of aromatic nitrogens is 3. The maximum atomic E-state index is 5.61. The number of hydrogen-bond donors (Lipinski definition) is 1. The molecule has 1 fully saturated rings. The second kappa shape index (κ2) is 4.73. The Morgan fingerprint density at radius 3 is 3.06 bits per heavy atom. The number of ether oxygens (including phenoxy) is 1. The Balaban J connectivity index is 1.76. The van der Waals surface area contributed by atoms with Crippen molar-refractivity contribution >= 4 is 5.82 Å². The van der Waals surface area contributed by atoms with Gasteiger partial charge < -0.3 is 15.0 Å². The summed E-state index contributed by atoms with van der Waals surface area (Å²) in [6.07, 6.45) is 3.06. The van der Waals surface area contributed by atoms with Crippen LogP contribution in [-0.2, 0) is 11.2 Å². The van der Waals surface area contributed by atoms with E-state index in [1.165, 1.54) is 0 Å². The lowest BCUT2D eigenvalue weighted by Crippen LogP contribution is -2.09. The molecule has 0 bridgehead atoms. The van der Waals surface area contributed by atoms with Crippen LogP contribution in [0.15, 0.2) is 22.7 Å². The summed E-state index contributed by atoms with van der Waals surface area (Å²) in [5, 5.41) is 3.94. The van der Waals surface area contributed by atoms with E-state index in [9.17, 15) is 0 Å². The summed E-state index contributed by atoms with van der Waals surface area (Å²) < 4.78 is 10.7. The van der Waals surface area contributed by atoms with E-state index >= 15 is 0 Å². The first kappa shape index (κ1) is 11.2. The zero-order chi connectivity index (χ0) is 12.4. The van der Waals surface area contributed by atoms with Crippen LogP contribution in [0.5, 0.6) is 0 Å². The molecule has 1 saturated heterocycles. The van der Waals surface area contributed by atoms with E-state index in [2.05, 4.69) is 15.1 Å². The van der Waals surface area contributed by atoms with Gasteiger partial charge in [0.25, 0.3) is 5.89 Å².